The molecule has 10 nitrogen and oxygen atoms in total. The maximum Gasteiger partial charge on any atom is 0.333 e. The predicted molar refractivity (Wildman–Crippen MR) is 197 cm³/mol. The number of carbonyl (C=O) groups excluding carboxylic acids is 2. The molecule has 11 heteroatoms. The van der Waals surface area contributed by atoms with Crippen LogP contribution in [0, 0.1) is 32.5 Å². The molecule has 5 rings (SSSR count). The number of carbonyl (C=O) groups is 2. The van der Waals surface area contributed by atoms with Crippen molar-refractivity contribution in [1.29, 1.82) is 0 Å². The summed E-state index contributed by atoms with van der Waals surface area (Å²) in [4.78, 5) is 39.3. The summed E-state index contributed by atoms with van der Waals surface area (Å²) in [5.74, 6) is 0.0521. The Labute approximate surface area is 298 Å². The molecule has 2 aromatic heterocycles. The van der Waals surface area contributed by atoms with E-state index in [9.17, 15) is 18.8 Å². The number of hydrogen-bond donors (Lipinski definition) is 2. The van der Waals surface area contributed by atoms with Gasteiger partial charge < -0.3 is 14.8 Å². The van der Waals surface area contributed by atoms with Gasteiger partial charge in [-0.15, -0.1) is 0 Å². The number of methoxy groups -OCH3 is 1. The van der Waals surface area contributed by atoms with Crippen LogP contribution in [0.2, 0.25) is 0 Å². The highest BCUT2D eigenvalue weighted by Crippen LogP contribution is 2.33. The molecule has 0 aliphatic heterocycles. The molecule has 0 radical (unpaired) electrons. The molecule has 268 valence electrons. The minimum atomic E-state index is -0.485. The van der Waals surface area contributed by atoms with Gasteiger partial charge in [0.25, 0.3) is 5.56 Å². The van der Waals surface area contributed by atoms with Crippen molar-refractivity contribution in [3.8, 4) is 11.4 Å². The highest BCUT2D eigenvalue weighted by Gasteiger charge is 2.26. The number of allylic oxidation sites excluding steroid dienone is 3. The average Bonchev–Trinajstić information content (AvgIpc) is 3.51. The molecule has 1 unspecified atom stereocenters. The zero-order valence-corrected chi connectivity index (χ0v) is 30.7. The van der Waals surface area contributed by atoms with Crippen molar-refractivity contribution in [3.05, 3.63) is 122 Å². The molecule has 2 aromatic carbocycles. The van der Waals surface area contributed by atoms with Crippen molar-refractivity contribution < 1.29 is 23.5 Å². The average molecular weight is 696 g/mol. The lowest BCUT2D eigenvalue weighted by atomic mass is 9.87. The topological polar surface area (TPSA) is 116 Å². The van der Waals surface area contributed by atoms with Crippen molar-refractivity contribution >= 4 is 23.5 Å². The van der Waals surface area contributed by atoms with Crippen LogP contribution in [-0.2, 0) is 28.1 Å². The number of hydrogen-bond acceptors (Lipinski definition) is 6. The first-order chi connectivity index (χ1) is 24.1. The van der Waals surface area contributed by atoms with Gasteiger partial charge in [0.05, 0.1) is 24.1 Å². The summed E-state index contributed by atoms with van der Waals surface area (Å²) in [6.45, 7) is 15.7. The van der Waals surface area contributed by atoms with Crippen LogP contribution in [0.5, 0.6) is 5.75 Å². The lowest BCUT2D eigenvalue weighted by Gasteiger charge is -2.25. The fourth-order valence-electron chi connectivity index (χ4n) is 5.94. The molecule has 0 bridgehead atoms. The lowest BCUT2D eigenvalue weighted by molar-refractivity contribution is -0.136. The van der Waals surface area contributed by atoms with Crippen LogP contribution in [0.15, 0.2) is 76.6 Å². The monoisotopic (exact) mass is 695 g/mol. The van der Waals surface area contributed by atoms with Gasteiger partial charge in [-0.3, -0.25) is 14.7 Å². The van der Waals surface area contributed by atoms with Gasteiger partial charge in [0.2, 0.25) is 0 Å². The van der Waals surface area contributed by atoms with Crippen molar-refractivity contribution in [3.63, 3.8) is 0 Å². The van der Waals surface area contributed by atoms with Gasteiger partial charge in [-0.25, -0.2) is 18.7 Å². The number of aromatic nitrogens is 3. The molecular formula is C40H46FN5O5. The molecule has 0 saturated carbocycles. The van der Waals surface area contributed by atoms with Crippen LogP contribution in [0.3, 0.4) is 0 Å². The van der Waals surface area contributed by atoms with Crippen molar-refractivity contribution in [2.45, 2.75) is 80.4 Å². The van der Waals surface area contributed by atoms with Gasteiger partial charge in [0.15, 0.2) is 0 Å². The second-order valence-corrected chi connectivity index (χ2v) is 14.2. The highest BCUT2D eigenvalue weighted by atomic mass is 19.1. The maximum absolute atomic E-state index is 14.5. The minimum absolute atomic E-state index is 0.0210. The fourth-order valence-corrected chi connectivity index (χ4v) is 5.94. The number of rotatable bonds is 9. The molecule has 4 aromatic rings. The second-order valence-electron chi connectivity index (χ2n) is 14.2. The Hall–Kier alpha value is -5.45. The van der Waals surface area contributed by atoms with Gasteiger partial charge >= 0.3 is 12.0 Å². The number of benzene rings is 2. The third kappa shape index (κ3) is 8.14. The summed E-state index contributed by atoms with van der Waals surface area (Å²) in [5, 5.41) is 10.5. The van der Waals surface area contributed by atoms with E-state index in [4.69, 9.17) is 14.6 Å². The van der Waals surface area contributed by atoms with Crippen LogP contribution >= 0.6 is 0 Å². The molecule has 0 saturated heterocycles. The summed E-state index contributed by atoms with van der Waals surface area (Å²) in [5.41, 5.74) is 6.51. The summed E-state index contributed by atoms with van der Waals surface area (Å²) in [6.07, 6.45) is 2.26. The van der Waals surface area contributed by atoms with Crippen molar-refractivity contribution in [1.82, 2.24) is 19.7 Å². The molecule has 0 spiro atoms. The Morgan fingerprint density at radius 1 is 1.00 bits per heavy atom. The van der Waals surface area contributed by atoms with Gasteiger partial charge in [-0.05, 0) is 87.1 Å². The molecule has 1 aliphatic rings. The number of nitrogens with zero attached hydrogens (tertiary/aromatic N) is 3. The number of aryl methyl sites for hydroxylation is 2. The van der Waals surface area contributed by atoms with E-state index in [1.54, 1.807) is 41.3 Å². The Morgan fingerprint density at radius 3 is 2.37 bits per heavy atom. The predicted octanol–water partition coefficient (Wildman–Crippen LogP) is 7.67. The Kier molecular flexibility index (Phi) is 10.7. The van der Waals surface area contributed by atoms with Crippen LogP contribution in [-0.4, -0.2) is 33.5 Å². The van der Waals surface area contributed by atoms with E-state index in [0.717, 1.165) is 22.5 Å². The fraction of sp³-hybridized carbons (Fsp3) is 0.350. The van der Waals surface area contributed by atoms with Crippen LogP contribution in [0.4, 0.5) is 15.0 Å². The molecule has 2 amide bonds. The zero-order valence-electron chi connectivity index (χ0n) is 30.7. The third-order valence-corrected chi connectivity index (χ3v) is 9.24. The zero-order chi connectivity index (χ0) is 37.2. The van der Waals surface area contributed by atoms with E-state index in [-0.39, 0.29) is 30.0 Å². The number of halogens is 1. The summed E-state index contributed by atoms with van der Waals surface area (Å²) in [6, 6.07) is 15.3. The molecule has 1 atom stereocenters. The maximum atomic E-state index is 14.5. The summed E-state index contributed by atoms with van der Waals surface area (Å²) in [7, 11) is 1.34. The van der Waals surface area contributed by atoms with Crippen molar-refractivity contribution in [2.75, 3.05) is 12.4 Å². The van der Waals surface area contributed by atoms with Gasteiger partial charge in [-0.2, -0.15) is 5.10 Å². The van der Waals surface area contributed by atoms with Crippen molar-refractivity contribution in [2.24, 2.45) is 5.92 Å². The smallest absolute Gasteiger partial charge is 0.333 e. The molecule has 0 fully saturated rings. The number of esters is 1. The van der Waals surface area contributed by atoms with E-state index in [1.807, 2.05) is 51.1 Å². The molecular weight excluding hydrogens is 649 g/mol. The Bertz CT molecular complexity index is 2100. The van der Waals surface area contributed by atoms with E-state index in [1.165, 1.54) is 19.2 Å². The van der Waals surface area contributed by atoms with E-state index in [2.05, 4.69) is 31.4 Å². The van der Waals surface area contributed by atoms with E-state index >= 15 is 0 Å². The van der Waals surface area contributed by atoms with E-state index in [0.29, 0.717) is 51.6 Å². The Morgan fingerprint density at radius 2 is 1.71 bits per heavy atom. The first-order valence-electron chi connectivity index (χ1n) is 16.9. The van der Waals surface area contributed by atoms with Crippen LogP contribution in [0.1, 0.15) is 74.7 Å². The quantitative estimate of drug-likeness (QED) is 0.174. The third-order valence-electron chi connectivity index (χ3n) is 9.24. The number of urea groups is 1. The number of pyridine rings is 1. The summed E-state index contributed by atoms with van der Waals surface area (Å²) < 4.78 is 28.9. The Balaban J connectivity index is 1.33. The molecule has 2 heterocycles. The highest BCUT2D eigenvalue weighted by molar-refractivity contribution is 5.92. The normalized spacial score (nSPS) is 14.6. The molecule has 2 N–H and O–H groups in total. The SMILES string of the molecule is COC(=O)C1=CC(n2c(C)cc(OCc3ccc(F)cc3CNC(=O)Nc3cc(C(C)(C)C)nn3-c3ccc(C)cc3)c(C)c2=O)=C(C)C(C)C1. The molecule has 1 aliphatic carbocycles. The van der Waals surface area contributed by atoms with Crippen LogP contribution < -0.4 is 20.9 Å². The second kappa shape index (κ2) is 14.8. The molecule has 51 heavy (non-hydrogen) atoms. The lowest BCUT2D eigenvalue weighted by Crippen LogP contribution is -2.29. The number of anilines is 1. The standard InChI is InChI=1S/C40H46FN5O5/c1-23-10-14-32(15-11-23)46-36(20-35(44-46)40(6,7)8)43-39(49)42-21-30-18-31(41)13-12-28(30)22-51-34-17-25(3)45(37(47)27(34)5)33-19-29(38(48)50-9)16-24(2)26(33)4/h10-15,17-20,24H,16,21-22H2,1-9H3,(H2,42,43,49). The van der Waals surface area contributed by atoms with Gasteiger partial charge in [0.1, 0.15) is 24.0 Å². The van der Waals surface area contributed by atoms with Crippen LogP contribution in [0.25, 0.3) is 11.4 Å². The number of ether oxygens (including phenoxy) is 2. The number of nitrogens with one attached hydrogen (secondary N) is 2. The first-order valence-corrected chi connectivity index (χ1v) is 16.9. The largest absolute Gasteiger partial charge is 0.488 e. The first kappa shape index (κ1) is 36.8. The van der Waals surface area contributed by atoms with Gasteiger partial charge in [-0.1, -0.05) is 51.5 Å². The minimum Gasteiger partial charge on any atom is -0.488 e. The van der Waals surface area contributed by atoms with Gasteiger partial charge in [0, 0.05) is 41.1 Å². The number of amides is 2. The summed E-state index contributed by atoms with van der Waals surface area (Å²) >= 11 is 0. The van der Waals surface area contributed by atoms with E-state index < -0.39 is 17.8 Å².